The molecular weight excluding hydrogens is 425 g/mol. The molecule has 2 aromatic heterocycles. The SMILES string of the molecule is C[C@]1(CN2CCc3nc(-c4ccc(Cl)cc4F)ccc3C2)Cn2cc([N+](=O)[O-])nc2O1. The topological polar surface area (TPSA) is 86.3 Å². The summed E-state index contributed by atoms with van der Waals surface area (Å²) >= 11 is 5.85. The van der Waals surface area contributed by atoms with E-state index in [9.17, 15) is 14.5 Å². The number of aromatic nitrogens is 3. The highest BCUT2D eigenvalue weighted by molar-refractivity contribution is 6.30. The maximum atomic E-state index is 14.3. The number of hydrogen-bond donors (Lipinski definition) is 0. The third-order valence-corrected chi connectivity index (χ3v) is 5.88. The lowest BCUT2D eigenvalue weighted by atomic mass is 10.00. The van der Waals surface area contributed by atoms with Crippen molar-refractivity contribution in [3.05, 3.63) is 68.7 Å². The molecule has 4 heterocycles. The molecule has 0 aliphatic carbocycles. The van der Waals surface area contributed by atoms with E-state index in [1.54, 1.807) is 16.7 Å². The van der Waals surface area contributed by atoms with E-state index in [1.165, 1.54) is 12.3 Å². The Bertz CT molecular complexity index is 1170. The number of nitro groups is 1. The lowest BCUT2D eigenvalue weighted by molar-refractivity contribution is -0.389. The summed E-state index contributed by atoms with van der Waals surface area (Å²) in [5.41, 5.74) is 2.57. The van der Waals surface area contributed by atoms with E-state index in [-0.39, 0.29) is 17.6 Å². The molecule has 8 nitrogen and oxygen atoms in total. The molecule has 0 radical (unpaired) electrons. The van der Waals surface area contributed by atoms with Crippen LogP contribution in [0.2, 0.25) is 5.02 Å². The van der Waals surface area contributed by atoms with Crippen molar-refractivity contribution >= 4 is 17.4 Å². The number of rotatable bonds is 4. The van der Waals surface area contributed by atoms with Crippen LogP contribution in [0, 0.1) is 15.9 Å². The van der Waals surface area contributed by atoms with Crippen LogP contribution in [0.4, 0.5) is 10.2 Å². The van der Waals surface area contributed by atoms with Gasteiger partial charge in [-0.1, -0.05) is 17.7 Å². The normalized spacial score (nSPS) is 20.2. The van der Waals surface area contributed by atoms with Crippen molar-refractivity contribution in [2.24, 2.45) is 0 Å². The van der Waals surface area contributed by atoms with E-state index >= 15 is 0 Å². The van der Waals surface area contributed by atoms with Crippen molar-refractivity contribution in [3.63, 3.8) is 0 Å². The van der Waals surface area contributed by atoms with E-state index < -0.39 is 10.5 Å². The fraction of sp³-hybridized carbons (Fsp3) is 0.333. The summed E-state index contributed by atoms with van der Waals surface area (Å²) in [7, 11) is 0. The molecule has 0 bridgehead atoms. The summed E-state index contributed by atoms with van der Waals surface area (Å²) in [4.78, 5) is 21.3. The molecule has 10 heteroatoms. The Morgan fingerprint density at radius 3 is 2.90 bits per heavy atom. The summed E-state index contributed by atoms with van der Waals surface area (Å²) in [5.74, 6) is -0.593. The van der Waals surface area contributed by atoms with Crippen LogP contribution in [-0.2, 0) is 19.5 Å². The van der Waals surface area contributed by atoms with Gasteiger partial charge in [0.15, 0.2) is 0 Å². The summed E-state index contributed by atoms with van der Waals surface area (Å²) in [6.07, 6.45) is 2.15. The van der Waals surface area contributed by atoms with Crippen LogP contribution >= 0.6 is 11.6 Å². The van der Waals surface area contributed by atoms with E-state index in [2.05, 4.69) is 14.9 Å². The molecule has 2 aliphatic heterocycles. The average molecular weight is 444 g/mol. The van der Waals surface area contributed by atoms with Crippen LogP contribution in [0.15, 0.2) is 36.5 Å². The van der Waals surface area contributed by atoms with E-state index in [4.69, 9.17) is 16.3 Å². The minimum absolute atomic E-state index is 0.206. The minimum Gasteiger partial charge on any atom is -0.436 e. The zero-order valence-corrected chi connectivity index (χ0v) is 17.5. The van der Waals surface area contributed by atoms with Gasteiger partial charge in [-0.2, -0.15) is 0 Å². The highest BCUT2D eigenvalue weighted by Gasteiger charge is 2.41. The number of halogens is 2. The quantitative estimate of drug-likeness (QED) is 0.449. The highest BCUT2D eigenvalue weighted by Crippen LogP contribution is 2.33. The van der Waals surface area contributed by atoms with Gasteiger partial charge >= 0.3 is 11.8 Å². The smallest absolute Gasteiger partial charge is 0.415 e. The van der Waals surface area contributed by atoms with Crippen molar-refractivity contribution in [1.82, 2.24) is 19.4 Å². The first kappa shape index (κ1) is 19.9. The monoisotopic (exact) mass is 443 g/mol. The first-order chi connectivity index (χ1) is 14.8. The van der Waals surface area contributed by atoms with Crippen LogP contribution < -0.4 is 4.74 Å². The molecule has 0 saturated heterocycles. The molecule has 0 N–H and O–H groups in total. The van der Waals surface area contributed by atoms with Gasteiger partial charge in [-0.05, 0) is 41.7 Å². The average Bonchev–Trinajstić information content (AvgIpc) is 3.23. The number of pyridine rings is 1. The molecule has 5 rings (SSSR count). The number of hydrogen-bond acceptors (Lipinski definition) is 6. The van der Waals surface area contributed by atoms with Crippen molar-refractivity contribution in [1.29, 1.82) is 0 Å². The van der Waals surface area contributed by atoms with Gasteiger partial charge in [-0.25, -0.2) is 4.39 Å². The molecule has 160 valence electrons. The van der Waals surface area contributed by atoms with E-state index in [0.717, 1.165) is 24.2 Å². The molecule has 1 aromatic carbocycles. The Kier molecular flexibility index (Phi) is 4.67. The predicted octanol–water partition coefficient (Wildman–Crippen LogP) is 3.86. The van der Waals surface area contributed by atoms with Crippen molar-refractivity contribution in [2.45, 2.75) is 32.0 Å². The zero-order valence-electron chi connectivity index (χ0n) is 16.7. The van der Waals surface area contributed by atoms with Gasteiger partial charge in [0, 0.05) is 47.3 Å². The molecule has 1 atom stereocenters. The van der Waals surface area contributed by atoms with Gasteiger partial charge in [0.2, 0.25) is 0 Å². The molecule has 0 amide bonds. The van der Waals surface area contributed by atoms with Crippen LogP contribution in [0.3, 0.4) is 0 Å². The Balaban J connectivity index is 1.29. The number of nitrogens with zero attached hydrogens (tertiary/aromatic N) is 5. The first-order valence-electron chi connectivity index (χ1n) is 9.87. The van der Waals surface area contributed by atoms with Crippen LogP contribution in [0.1, 0.15) is 18.2 Å². The lowest BCUT2D eigenvalue weighted by Crippen LogP contribution is -2.46. The second-order valence-corrected chi connectivity index (χ2v) is 8.64. The zero-order chi connectivity index (χ0) is 21.8. The predicted molar refractivity (Wildman–Crippen MR) is 112 cm³/mol. The van der Waals surface area contributed by atoms with Crippen molar-refractivity contribution < 1.29 is 14.1 Å². The van der Waals surface area contributed by atoms with Crippen molar-refractivity contribution in [2.75, 3.05) is 13.1 Å². The maximum absolute atomic E-state index is 14.3. The van der Waals surface area contributed by atoms with Gasteiger partial charge in [0.05, 0.1) is 12.2 Å². The van der Waals surface area contributed by atoms with Gasteiger partial charge in [0.1, 0.15) is 17.6 Å². The van der Waals surface area contributed by atoms with Gasteiger partial charge in [-0.3, -0.25) is 14.5 Å². The molecule has 3 aromatic rings. The number of fused-ring (bicyclic) bond motifs is 2. The molecular formula is C21H19ClFN5O3. The standard InChI is InChI=1S/C21H19ClFN5O3/c1-21(12-27-10-19(28(29)30)25-20(27)31-21)11-26-7-6-17-13(9-26)2-5-18(24-17)15-4-3-14(22)8-16(15)23/h2-5,8,10H,6-7,9,11-12H2,1H3/t21-/m0/s1. The van der Waals surface area contributed by atoms with Gasteiger partial charge < -0.3 is 14.9 Å². The van der Waals surface area contributed by atoms with E-state index in [1.807, 2.05) is 19.1 Å². The Morgan fingerprint density at radius 2 is 2.16 bits per heavy atom. The molecule has 0 fully saturated rings. The molecule has 0 spiro atoms. The third-order valence-electron chi connectivity index (χ3n) is 5.65. The lowest BCUT2D eigenvalue weighted by Gasteiger charge is -2.34. The maximum Gasteiger partial charge on any atom is 0.415 e. The van der Waals surface area contributed by atoms with Gasteiger partial charge in [-0.15, -0.1) is 0 Å². The number of ether oxygens (including phenoxy) is 1. The van der Waals surface area contributed by atoms with Crippen molar-refractivity contribution in [3.8, 4) is 17.3 Å². The number of imidazole rings is 1. The Labute approximate surface area is 182 Å². The Morgan fingerprint density at radius 1 is 1.32 bits per heavy atom. The minimum atomic E-state index is -0.523. The largest absolute Gasteiger partial charge is 0.436 e. The first-order valence-corrected chi connectivity index (χ1v) is 10.2. The van der Waals surface area contributed by atoms with Crippen LogP contribution in [-0.4, -0.2) is 43.0 Å². The fourth-order valence-corrected chi connectivity index (χ4v) is 4.45. The third kappa shape index (κ3) is 3.75. The molecule has 2 aliphatic rings. The van der Waals surface area contributed by atoms with Crippen LogP contribution in [0.5, 0.6) is 6.01 Å². The van der Waals surface area contributed by atoms with Crippen LogP contribution in [0.25, 0.3) is 11.3 Å². The van der Waals surface area contributed by atoms with E-state index in [0.29, 0.717) is 35.9 Å². The number of benzene rings is 1. The summed E-state index contributed by atoms with van der Waals surface area (Å²) < 4.78 is 21.9. The summed E-state index contributed by atoms with van der Waals surface area (Å²) in [5, 5.41) is 11.2. The highest BCUT2D eigenvalue weighted by atomic mass is 35.5. The summed E-state index contributed by atoms with van der Waals surface area (Å²) in [6.45, 7) is 4.62. The second kappa shape index (κ2) is 7.28. The molecule has 0 unspecified atom stereocenters. The Hall–Kier alpha value is -3.04. The van der Waals surface area contributed by atoms with Gasteiger partial charge in [0.25, 0.3) is 0 Å². The molecule has 31 heavy (non-hydrogen) atoms. The summed E-state index contributed by atoms with van der Waals surface area (Å²) in [6, 6.07) is 8.70. The fourth-order valence-electron chi connectivity index (χ4n) is 4.29. The molecule has 0 saturated carbocycles. The second-order valence-electron chi connectivity index (χ2n) is 8.21.